The summed E-state index contributed by atoms with van der Waals surface area (Å²) in [5, 5.41) is 2.86. The molecule has 2 fully saturated rings. The molecule has 0 bridgehead atoms. The monoisotopic (exact) mass is 311 g/mol. The maximum atomic E-state index is 12.9. The van der Waals surface area contributed by atoms with Crippen LogP contribution in [0.2, 0.25) is 0 Å². The van der Waals surface area contributed by atoms with Crippen LogP contribution in [-0.4, -0.2) is 55.8 Å². The van der Waals surface area contributed by atoms with E-state index in [4.69, 9.17) is 4.74 Å². The minimum atomic E-state index is -3.34. The largest absolute Gasteiger partial charge is 0.380 e. The first-order valence-corrected chi connectivity index (χ1v) is 8.89. The number of hydrogen-bond donors (Lipinski definition) is 1. The fraction of sp³-hybridized carbons (Fsp3) is 0.643. The van der Waals surface area contributed by atoms with E-state index in [1.807, 2.05) is 12.1 Å². The number of ether oxygens (including phenoxy) is 1. The van der Waals surface area contributed by atoms with Crippen molar-refractivity contribution in [3.63, 3.8) is 0 Å². The number of nitrogens with one attached hydrogen (secondary N) is 1. The summed E-state index contributed by atoms with van der Waals surface area (Å²) in [6.45, 7) is 2.78. The lowest BCUT2D eigenvalue weighted by molar-refractivity contribution is 0.0963. The Labute approximate surface area is 125 Å². The molecule has 2 saturated heterocycles. The van der Waals surface area contributed by atoms with Crippen molar-refractivity contribution in [2.75, 3.05) is 32.8 Å². The number of hydrogen-bond acceptors (Lipinski definition) is 5. The molecule has 3 heterocycles. The van der Waals surface area contributed by atoms with Crippen LogP contribution in [0.25, 0.3) is 0 Å². The molecule has 3 rings (SSSR count). The summed E-state index contributed by atoms with van der Waals surface area (Å²) in [7, 11) is -3.34. The van der Waals surface area contributed by atoms with Crippen LogP contribution in [0.4, 0.5) is 0 Å². The zero-order valence-electron chi connectivity index (χ0n) is 11.9. The first-order chi connectivity index (χ1) is 10.2. The summed E-state index contributed by atoms with van der Waals surface area (Å²) < 4.78 is 32.8. The number of pyridine rings is 1. The molecule has 7 heteroatoms. The Kier molecular flexibility index (Phi) is 4.54. The van der Waals surface area contributed by atoms with Gasteiger partial charge in [-0.25, -0.2) is 8.42 Å². The summed E-state index contributed by atoms with van der Waals surface area (Å²) in [4.78, 5) is 4.11. The molecule has 2 aliphatic heterocycles. The molecule has 21 heavy (non-hydrogen) atoms. The van der Waals surface area contributed by atoms with E-state index in [1.54, 1.807) is 16.7 Å². The maximum absolute atomic E-state index is 12.9. The summed E-state index contributed by atoms with van der Waals surface area (Å²) >= 11 is 0. The van der Waals surface area contributed by atoms with Crippen LogP contribution >= 0.6 is 0 Å². The molecule has 0 amide bonds. The molecule has 1 aromatic rings. The highest BCUT2D eigenvalue weighted by Gasteiger charge is 2.39. The highest BCUT2D eigenvalue weighted by molar-refractivity contribution is 7.89. The lowest BCUT2D eigenvalue weighted by Gasteiger charge is -2.38. The van der Waals surface area contributed by atoms with Gasteiger partial charge in [-0.3, -0.25) is 4.98 Å². The van der Waals surface area contributed by atoms with Crippen molar-refractivity contribution >= 4 is 10.0 Å². The number of sulfonamides is 1. The lowest BCUT2D eigenvalue weighted by Crippen LogP contribution is -2.52. The van der Waals surface area contributed by atoms with Crippen molar-refractivity contribution in [3.8, 4) is 0 Å². The van der Waals surface area contributed by atoms with Gasteiger partial charge in [-0.2, -0.15) is 4.31 Å². The molecule has 116 valence electrons. The Morgan fingerprint density at radius 2 is 2.33 bits per heavy atom. The molecule has 0 radical (unpaired) electrons. The second-order valence-corrected chi connectivity index (χ2v) is 7.67. The Morgan fingerprint density at radius 1 is 1.43 bits per heavy atom. The van der Waals surface area contributed by atoms with E-state index in [0.29, 0.717) is 39.3 Å². The van der Waals surface area contributed by atoms with Gasteiger partial charge in [0, 0.05) is 38.6 Å². The van der Waals surface area contributed by atoms with E-state index in [1.165, 1.54) is 0 Å². The molecule has 2 atom stereocenters. The third-order valence-corrected chi connectivity index (χ3v) is 6.44. The van der Waals surface area contributed by atoms with Gasteiger partial charge in [-0.05, 0) is 24.5 Å². The first-order valence-electron chi connectivity index (χ1n) is 7.38. The van der Waals surface area contributed by atoms with E-state index < -0.39 is 15.3 Å². The third kappa shape index (κ3) is 3.11. The maximum Gasteiger partial charge on any atom is 0.219 e. The second kappa shape index (κ2) is 6.39. The topological polar surface area (TPSA) is 71.5 Å². The first kappa shape index (κ1) is 14.9. The van der Waals surface area contributed by atoms with Gasteiger partial charge in [-0.15, -0.1) is 0 Å². The van der Waals surface area contributed by atoms with Crippen LogP contribution in [0.15, 0.2) is 24.5 Å². The van der Waals surface area contributed by atoms with Crippen molar-refractivity contribution in [1.82, 2.24) is 14.6 Å². The predicted octanol–water partition coefficient (Wildman–Crippen LogP) is 0.537. The van der Waals surface area contributed by atoms with E-state index in [2.05, 4.69) is 10.3 Å². The van der Waals surface area contributed by atoms with Gasteiger partial charge >= 0.3 is 0 Å². The van der Waals surface area contributed by atoms with Crippen LogP contribution in [-0.2, 0) is 14.8 Å². The van der Waals surface area contributed by atoms with E-state index in [9.17, 15) is 8.42 Å². The standard InChI is InChI=1S/C14H21N3O3S/c18-21(19,13-4-2-8-20-11-13)17-7-6-16-10-14(17)12-3-1-5-15-9-12/h1,3,5,9,13-14,16H,2,4,6-8,10-11H2. The van der Waals surface area contributed by atoms with Crippen molar-refractivity contribution < 1.29 is 13.2 Å². The third-order valence-electron chi connectivity index (χ3n) is 4.13. The summed E-state index contributed by atoms with van der Waals surface area (Å²) in [5.74, 6) is 0. The molecule has 0 aliphatic carbocycles. The quantitative estimate of drug-likeness (QED) is 0.882. The van der Waals surface area contributed by atoms with Crippen LogP contribution < -0.4 is 5.32 Å². The zero-order chi connectivity index (χ0) is 14.7. The van der Waals surface area contributed by atoms with Gasteiger partial charge in [-0.1, -0.05) is 6.07 Å². The van der Waals surface area contributed by atoms with Crippen LogP contribution in [0, 0.1) is 0 Å². The smallest absolute Gasteiger partial charge is 0.219 e. The average Bonchev–Trinajstić information content (AvgIpc) is 2.56. The van der Waals surface area contributed by atoms with E-state index in [-0.39, 0.29) is 6.04 Å². The zero-order valence-corrected chi connectivity index (χ0v) is 12.8. The van der Waals surface area contributed by atoms with Crippen molar-refractivity contribution in [2.24, 2.45) is 0 Å². The average molecular weight is 311 g/mol. The summed E-state index contributed by atoms with van der Waals surface area (Å²) in [5.41, 5.74) is 0.935. The highest BCUT2D eigenvalue weighted by Crippen LogP contribution is 2.28. The molecule has 0 aromatic carbocycles. The van der Waals surface area contributed by atoms with Crippen molar-refractivity contribution in [2.45, 2.75) is 24.1 Å². The molecule has 0 saturated carbocycles. The summed E-state index contributed by atoms with van der Waals surface area (Å²) in [6.07, 6.45) is 4.95. The Hall–Kier alpha value is -1.02. The fourth-order valence-electron chi connectivity index (χ4n) is 2.99. The van der Waals surface area contributed by atoms with Gasteiger partial charge in [0.25, 0.3) is 0 Å². The van der Waals surface area contributed by atoms with Gasteiger partial charge in [0.2, 0.25) is 10.0 Å². The Morgan fingerprint density at radius 3 is 3.05 bits per heavy atom. The Balaban J connectivity index is 1.86. The van der Waals surface area contributed by atoms with Crippen LogP contribution in [0.5, 0.6) is 0 Å². The van der Waals surface area contributed by atoms with Gasteiger partial charge in [0.15, 0.2) is 0 Å². The molecule has 2 aliphatic rings. The number of rotatable bonds is 3. The van der Waals surface area contributed by atoms with Gasteiger partial charge < -0.3 is 10.1 Å². The van der Waals surface area contributed by atoms with Crippen LogP contribution in [0.1, 0.15) is 24.4 Å². The molecule has 6 nitrogen and oxygen atoms in total. The van der Waals surface area contributed by atoms with Crippen molar-refractivity contribution in [3.05, 3.63) is 30.1 Å². The van der Waals surface area contributed by atoms with E-state index in [0.717, 1.165) is 12.0 Å². The number of aromatic nitrogens is 1. The molecule has 1 N–H and O–H groups in total. The molecule has 0 spiro atoms. The molecule has 2 unspecified atom stereocenters. The Bertz CT molecular complexity index is 558. The van der Waals surface area contributed by atoms with Gasteiger partial charge in [0.05, 0.1) is 17.9 Å². The van der Waals surface area contributed by atoms with Crippen LogP contribution in [0.3, 0.4) is 0 Å². The number of nitrogens with zero attached hydrogens (tertiary/aromatic N) is 2. The second-order valence-electron chi connectivity index (χ2n) is 5.50. The fourth-order valence-corrected chi connectivity index (χ4v) is 5.00. The van der Waals surface area contributed by atoms with Crippen molar-refractivity contribution in [1.29, 1.82) is 0 Å². The SMILES string of the molecule is O=S(=O)(C1CCCOC1)N1CCNCC1c1cccnc1. The molecule has 1 aromatic heterocycles. The predicted molar refractivity (Wildman–Crippen MR) is 79.3 cm³/mol. The summed E-state index contributed by atoms with van der Waals surface area (Å²) in [6, 6.07) is 3.60. The molecular weight excluding hydrogens is 290 g/mol. The minimum absolute atomic E-state index is 0.181. The highest BCUT2D eigenvalue weighted by atomic mass is 32.2. The van der Waals surface area contributed by atoms with E-state index >= 15 is 0 Å². The molecular formula is C14H21N3O3S. The minimum Gasteiger partial charge on any atom is -0.380 e. The normalized spacial score (nSPS) is 28.4. The number of piperazine rings is 1. The van der Waals surface area contributed by atoms with Gasteiger partial charge in [0.1, 0.15) is 0 Å². The lowest BCUT2D eigenvalue weighted by atomic mass is 10.1.